The summed E-state index contributed by atoms with van der Waals surface area (Å²) in [6.07, 6.45) is 9.56. The van der Waals surface area contributed by atoms with Crippen molar-refractivity contribution in [3.05, 3.63) is 12.2 Å². The minimum Gasteiger partial charge on any atom is -0.469 e. The number of methoxy groups -OCH3 is 1. The normalized spacial score (nSPS) is 39.6. The third-order valence-electron chi connectivity index (χ3n) is 4.04. The van der Waals surface area contributed by atoms with E-state index in [1.807, 2.05) is 0 Å². The highest BCUT2D eigenvalue weighted by atomic mass is 16.5. The zero-order chi connectivity index (χ0) is 10.8. The van der Waals surface area contributed by atoms with Gasteiger partial charge in [0, 0.05) is 0 Å². The highest BCUT2D eigenvalue weighted by Crippen LogP contribution is 2.43. The lowest BCUT2D eigenvalue weighted by Gasteiger charge is -2.39. The third kappa shape index (κ3) is 1.95. The van der Waals surface area contributed by atoms with Crippen LogP contribution >= 0.6 is 0 Å². The van der Waals surface area contributed by atoms with Crippen LogP contribution in [0.1, 0.15) is 32.6 Å². The number of hydrogen-bond acceptors (Lipinski definition) is 2. The fourth-order valence-corrected chi connectivity index (χ4v) is 3.23. The van der Waals surface area contributed by atoms with Gasteiger partial charge in [0.15, 0.2) is 0 Å². The number of carbonyl (C=O) groups is 1. The summed E-state index contributed by atoms with van der Waals surface area (Å²) in [6, 6.07) is 0. The molecule has 0 bridgehead atoms. The fraction of sp³-hybridized carbons (Fsp3) is 0.769. The van der Waals surface area contributed by atoms with Gasteiger partial charge in [-0.25, -0.2) is 0 Å². The average molecular weight is 208 g/mol. The summed E-state index contributed by atoms with van der Waals surface area (Å²) in [5.41, 5.74) is 0. The molecule has 0 N–H and O–H groups in total. The van der Waals surface area contributed by atoms with Crippen molar-refractivity contribution >= 4 is 5.97 Å². The van der Waals surface area contributed by atoms with E-state index in [-0.39, 0.29) is 11.9 Å². The summed E-state index contributed by atoms with van der Waals surface area (Å²) in [5, 5.41) is 0. The third-order valence-corrected chi connectivity index (χ3v) is 4.04. The van der Waals surface area contributed by atoms with Crippen molar-refractivity contribution in [3.63, 3.8) is 0 Å². The lowest BCUT2D eigenvalue weighted by molar-refractivity contribution is -0.150. The number of esters is 1. The Bertz CT molecular complexity index is 270. The molecule has 84 valence electrons. The Hall–Kier alpha value is -0.790. The van der Waals surface area contributed by atoms with Crippen LogP contribution in [-0.2, 0) is 9.53 Å². The predicted octanol–water partition coefficient (Wildman–Crippen LogP) is 2.79. The first kappa shape index (κ1) is 10.7. The van der Waals surface area contributed by atoms with Gasteiger partial charge in [-0.05, 0) is 30.6 Å². The van der Waals surface area contributed by atoms with E-state index in [2.05, 4.69) is 19.1 Å². The molecule has 15 heavy (non-hydrogen) atoms. The van der Waals surface area contributed by atoms with E-state index in [0.717, 1.165) is 0 Å². The second-order valence-electron chi connectivity index (χ2n) is 4.91. The second kappa shape index (κ2) is 4.38. The Morgan fingerprint density at radius 1 is 1.27 bits per heavy atom. The maximum atomic E-state index is 11.8. The van der Waals surface area contributed by atoms with E-state index in [0.29, 0.717) is 17.8 Å². The van der Waals surface area contributed by atoms with Crippen LogP contribution in [0.3, 0.4) is 0 Å². The fourth-order valence-electron chi connectivity index (χ4n) is 3.23. The summed E-state index contributed by atoms with van der Waals surface area (Å²) in [6.45, 7) is 2.13. The van der Waals surface area contributed by atoms with E-state index >= 15 is 0 Å². The average Bonchev–Trinajstić information content (AvgIpc) is 2.28. The van der Waals surface area contributed by atoms with Crippen LogP contribution in [0.2, 0.25) is 0 Å². The van der Waals surface area contributed by atoms with Crippen molar-refractivity contribution in [2.45, 2.75) is 32.6 Å². The Kier molecular flexibility index (Phi) is 3.13. The minimum absolute atomic E-state index is 0.0104. The quantitative estimate of drug-likeness (QED) is 0.489. The summed E-state index contributed by atoms with van der Waals surface area (Å²) in [7, 11) is 1.51. The Morgan fingerprint density at radius 2 is 2.00 bits per heavy atom. The predicted molar refractivity (Wildman–Crippen MR) is 59.3 cm³/mol. The van der Waals surface area contributed by atoms with Crippen molar-refractivity contribution < 1.29 is 9.53 Å². The molecule has 0 heterocycles. The molecule has 4 atom stereocenters. The van der Waals surface area contributed by atoms with Crippen LogP contribution in [0.25, 0.3) is 0 Å². The van der Waals surface area contributed by atoms with Crippen LogP contribution in [0.5, 0.6) is 0 Å². The van der Waals surface area contributed by atoms with Gasteiger partial charge in [0.2, 0.25) is 0 Å². The van der Waals surface area contributed by atoms with Crippen LogP contribution in [0, 0.1) is 23.7 Å². The van der Waals surface area contributed by atoms with Gasteiger partial charge >= 0.3 is 5.97 Å². The molecule has 0 aromatic carbocycles. The maximum Gasteiger partial charge on any atom is 0.309 e. The van der Waals surface area contributed by atoms with Gasteiger partial charge in [-0.1, -0.05) is 31.9 Å². The molecule has 0 amide bonds. The summed E-state index contributed by atoms with van der Waals surface area (Å²) < 4.78 is 4.94. The van der Waals surface area contributed by atoms with Gasteiger partial charge in [-0.15, -0.1) is 0 Å². The first-order valence-corrected chi connectivity index (χ1v) is 6.00. The summed E-state index contributed by atoms with van der Waals surface area (Å²) >= 11 is 0. The van der Waals surface area contributed by atoms with Crippen LogP contribution in [0.15, 0.2) is 12.2 Å². The number of ether oxygens (including phenoxy) is 1. The standard InChI is InChI=1S/C13H20O2/c1-9-7-8-10-5-3-4-6-11(10)12(9)13(14)15-2/h7-12H,3-6H2,1-2H3/t9-,10+,11-,12?/m1/s1. The molecule has 0 aliphatic heterocycles. The van der Waals surface area contributed by atoms with Gasteiger partial charge in [-0.2, -0.15) is 0 Å². The van der Waals surface area contributed by atoms with E-state index in [1.54, 1.807) is 0 Å². The van der Waals surface area contributed by atoms with Gasteiger partial charge in [0.05, 0.1) is 13.0 Å². The van der Waals surface area contributed by atoms with Gasteiger partial charge in [0.1, 0.15) is 0 Å². The lowest BCUT2D eigenvalue weighted by atomic mass is 9.65. The van der Waals surface area contributed by atoms with Crippen LogP contribution in [0.4, 0.5) is 0 Å². The smallest absolute Gasteiger partial charge is 0.309 e. The number of fused-ring (bicyclic) bond motifs is 1. The molecule has 2 rings (SSSR count). The Labute approximate surface area is 91.7 Å². The molecular formula is C13H20O2. The lowest BCUT2D eigenvalue weighted by Crippen LogP contribution is -2.38. The van der Waals surface area contributed by atoms with Gasteiger partial charge in [0.25, 0.3) is 0 Å². The zero-order valence-electron chi connectivity index (χ0n) is 9.61. The largest absolute Gasteiger partial charge is 0.469 e. The molecule has 2 nitrogen and oxygen atoms in total. The molecule has 1 saturated carbocycles. The number of hydrogen-bond donors (Lipinski definition) is 0. The Balaban J connectivity index is 2.19. The first-order chi connectivity index (χ1) is 7.24. The van der Waals surface area contributed by atoms with Crippen LogP contribution in [-0.4, -0.2) is 13.1 Å². The topological polar surface area (TPSA) is 26.3 Å². The molecule has 2 aliphatic rings. The van der Waals surface area contributed by atoms with Crippen molar-refractivity contribution in [1.29, 1.82) is 0 Å². The molecule has 1 fully saturated rings. The molecule has 0 spiro atoms. The molecule has 0 aromatic rings. The molecule has 1 unspecified atom stereocenters. The molecular weight excluding hydrogens is 188 g/mol. The van der Waals surface area contributed by atoms with Crippen molar-refractivity contribution in [2.24, 2.45) is 23.7 Å². The highest BCUT2D eigenvalue weighted by Gasteiger charge is 2.40. The molecule has 0 saturated heterocycles. The van der Waals surface area contributed by atoms with Crippen molar-refractivity contribution in [3.8, 4) is 0 Å². The second-order valence-corrected chi connectivity index (χ2v) is 4.91. The SMILES string of the molecule is COC(=O)C1[C@H](C)C=C[C@@H]2CCCC[C@@H]12. The van der Waals surface area contributed by atoms with E-state index < -0.39 is 0 Å². The molecule has 2 aliphatic carbocycles. The maximum absolute atomic E-state index is 11.8. The van der Waals surface area contributed by atoms with Crippen molar-refractivity contribution in [2.75, 3.05) is 7.11 Å². The number of carbonyl (C=O) groups excluding carboxylic acids is 1. The molecule has 2 heteroatoms. The zero-order valence-corrected chi connectivity index (χ0v) is 9.61. The van der Waals surface area contributed by atoms with Crippen molar-refractivity contribution in [1.82, 2.24) is 0 Å². The number of allylic oxidation sites excluding steroid dienone is 2. The van der Waals surface area contributed by atoms with E-state index in [4.69, 9.17) is 4.74 Å². The first-order valence-electron chi connectivity index (χ1n) is 6.00. The summed E-state index contributed by atoms with van der Waals surface area (Å²) in [5.74, 6) is 1.59. The highest BCUT2D eigenvalue weighted by molar-refractivity contribution is 5.73. The van der Waals surface area contributed by atoms with Gasteiger partial charge < -0.3 is 4.74 Å². The molecule has 0 aromatic heterocycles. The monoisotopic (exact) mass is 208 g/mol. The van der Waals surface area contributed by atoms with Crippen LogP contribution < -0.4 is 0 Å². The number of rotatable bonds is 1. The van der Waals surface area contributed by atoms with Gasteiger partial charge in [-0.3, -0.25) is 4.79 Å². The Morgan fingerprint density at radius 3 is 2.73 bits per heavy atom. The minimum atomic E-state index is -0.0104. The summed E-state index contributed by atoms with van der Waals surface area (Å²) in [4.78, 5) is 11.8. The molecule has 0 radical (unpaired) electrons. The van der Waals surface area contributed by atoms with E-state index in [1.165, 1.54) is 32.8 Å². The van der Waals surface area contributed by atoms with E-state index in [9.17, 15) is 4.79 Å².